The average Bonchev–Trinajstić information content (AvgIpc) is 2.45. The fourth-order valence-electron chi connectivity index (χ4n) is 2.75. The predicted molar refractivity (Wildman–Crippen MR) is 79.0 cm³/mol. The molecule has 0 aromatic carbocycles. The van der Waals surface area contributed by atoms with Crippen molar-refractivity contribution in [2.24, 2.45) is 11.7 Å². The molecule has 1 aromatic rings. The lowest BCUT2D eigenvalue weighted by Gasteiger charge is -2.33. The molecule has 0 aliphatic carbocycles. The van der Waals surface area contributed by atoms with Crippen molar-refractivity contribution < 1.29 is 9.72 Å². The Kier molecular flexibility index (Phi) is 4.72. The predicted octanol–water partition coefficient (Wildman–Crippen LogP) is 1.78. The molecule has 21 heavy (non-hydrogen) atoms. The van der Waals surface area contributed by atoms with Gasteiger partial charge in [-0.05, 0) is 38.2 Å². The Morgan fingerprint density at radius 2 is 2.38 bits per heavy atom. The van der Waals surface area contributed by atoms with Gasteiger partial charge in [0.25, 0.3) is 5.69 Å². The summed E-state index contributed by atoms with van der Waals surface area (Å²) in [6.45, 7) is 3.42. The number of hydrogen-bond donors (Lipinski definition) is 1. The second kappa shape index (κ2) is 6.51. The van der Waals surface area contributed by atoms with Crippen molar-refractivity contribution in [3.8, 4) is 0 Å². The van der Waals surface area contributed by atoms with E-state index in [-0.39, 0.29) is 11.6 Å². The standard InChI is InChI=1S/C14H20N4O3/c1-10-7-14(16-8-12(10)18(20)21)17-6-2-3-11(9-17)4-5-13(15)19/h7-8,11H,2-6,9H2,1H3,(H2,15,19). The minimum atomic E-state index is -0.419. The van der Waals surface area contributed by atoms with Gasteiger partial charge in [-0.2, -0.15) is 0 Å². The van der Waals surface area contributed by atoms with Crippen molar-refractivity contribution in [2.75, 3.05) is 18.0 Å². The van der Waals surface area contributed by atoms with Gasteiger partial charge in [0.2, 0.25) is 5.91 Å². The molecule has 0 bridgehead atoms. The zero-order valence-electron chi connectivity index (χ0n) is 12.1. The number of amides is 1. The number of aryl methyl sites for hydroxylation is 1. The van der Waals surface area contributed by atoms with Gasteiger partial charge in [-0.1, -0.05) is 0 Å². The minimum absolute atomic E-state index is 0.0426. The zero-order valence-corrected chi connectivity index (χ0v) is 12.1. The lowest BCUT2D eigenvalue weighted by atomic mass is 9.93. The van der Waals surface area contributed by atoms with Gasteiger partial charge < -0.3 is 10.6 Å². The number of nitro groups is 1. The van der Waals surface area contributed by atoms with Crippen LogP contribution in [0.2, 0.25) is 0 Å². The van der Waals surface area contributed by atoms with Crippen molar-refractivity contribution >= 4 is 17.4 Å². The molecule has 114 valence electrons. The Balaban J connectivity index is 2.05. The van der Waals surface area contributed by atoms with E-state index in [1.165, 1.54) is 6.20 Å². The molecule has 0 radical (unpaired) electrons. The second-order valence-corrected chi connectivity index (χ2v) is 5.55. The monoisotopic (exact) mass is 292 g/mol. The van der Waals surface area contributed by atoms with Crippen LogP contribution < -0.4 is 10.6 Å². The van der Waals surface area contributed by atoms with Crippen molar-refractivity contribution in [3.63, 3.8) is 0 Å². The summed E-state index contributed by atoms with van der Waals surface area (Å²) in [5.41, 5.74) is 5.85. The molecule has 7 heteroatoms. The van der Waals surface area contributed by atoms with E-state index in [1.54, 1.807) is 13.0 Å². The number of hydrogen-bond acceptors (Lipinski definition) is 5. The molecule has 2 rings (SSSR count). The van der Waals surface area contributed by atoms with E-state index in [0.29, 0.717) is 17.9 Å². The highest BCUT2D eigenvalue weighted by Gasteiger charge is 2.22. The third kappa shape index (κ3) is 3.90. The lowest BCUT2D eigenvalue weighted by Crippen LogP contribution is -2.36. The number of nitrogens with zero attached hydrogens (tertiary/aromatic N) is 3. The van der Waals surface area contributed by atoms with Crippen LogP contribution in [0.15, 0.2) is 12.3 Å². The molecule has 1 amide bonds. The number of aromatic nitrogens is 1. The van der Waals surface area contributed by atoms with Crippen molar-refractivity contribution in [3.05, 3.63) is 27.9 Å². The van der Waals surface area contributed by atoms with Crippen LogP contribution in [-0.2, 0) is 4.79 Å². The smallest absolute Gasteiger partial charge is 0.290 e. The SMILES string of the molecule is Cc1cc(N2CCCC(CCC(N)=O)C2)ncc1[N+](=O)[O-]. The fraction of sp³-hybridized carbons (Fsp3) is 0.571. The van der Waals surface area contributed by atoms with Gasteiger partial charge in [-0.3, -0.25) is 14.9 Å². The largest absolute Gasteiger partial charge is 0.370 e. The van der Waals surface area contributed by atoms with Gasteiger partial charge in [0, 0.05) is 25.1 Å². The number of anilines is 1. The normalized spacial score (nSPS) is 18.5. The zero-order chi connectivity index (χ0) is 15.4. The van der Waals surface area contributed by atoms with E-state index in [9.17, 15) is 14.9 Å². The van der Waals surface area contributed by atoms with E-state index in [0.717, 1.165) is 38.2 Å². The fourth-order valence-corrected chi connectivity index (χ4v) is 2.75. The maximum absolute atomic E-state index is 10.9. The number of rotatable bonds is 5. The van der Waals surface area contributed by atoms with Crippen LogP contribution in [0.4, 0.5) is 11.5 Å². The Hall–Kier alpha value is -2.18. The molecular formula is C14H20N4O3. The highest BCUT2D eigenvalue weighted by atomic mass is 16.6. The molecule has 2 heterocycles. The maximum atomic E-state index is 10.9. The van der Waals surface area contributed by atoms with Gasteiger partial charge in [0.05, 0.1) is 4.92 Å². The van der Waals surface area contributed by atoms with Crippen LogP contribution in [0.3, 0.4) is 0 Å². The number of primary amides is 1. The van der Waals surface area contributed by atoms with Crippen LogP contribution in [0.5, 0.6) is 0 Å². The maximum Gasteiger partial charge on any atom is 0.290 e. The quantitative estimate of drug-likeness (QED) is 0.658. The van der Waals surface area contributed by atoms with Crippen molar-refractivity contribution in [1.82, 2.24) is 4.98 Å². The molecule has 7 nitrogen and oxygen atoms in total. The Morgan fingerprint density at radius 3 is 3.00 bits per heavy atom. The molecule has 1 atom stereocenters. The van der Waals surface area contributed by atoms with Crippen LogP contribution in [-0.4, -0.2) is 28.9 Å². The highest BCUT2D eigenvalue weighted by Crippen LogP contribution is 2.27. The summed E-state index contributed by atoms with van der Waals surface area (Å²) in [4.78, 5) is 27.6. The molecule has 1 fully saturated rings. The first-order valence-electron chi connectivity index (χ1n) is 7.11. The summed E-state index contributed by atoms with van der Waals surface area (Å²) in [6.07, 6.45) is 4.62. The second-order valence-electron chi connectivity index (χ2n) is 5.55. The first kappa shape index (κ1) is 15.2. The van der Waals surface area contributed by atoms with Gasteiger partial charge >= 0.3 is 0 Å². The summed E-state index contributed by atoms with van der Waals surface area (Å²) < 4.78 is 0. The molecule has 1 unspecified atom stereocenters. The number of carbonyl (C=O) groups excluding carboxylic acids is 1. The molecular weight excluding hydrogens is 272 g/mol. The molecule has 0 saturated carbocycles. The summed E-state index contributed by atoms with van der Waals surface area (Å²) >= 11 is 0. The first-order chi connectivity index (χ1) is 9.97. The Labute approximate surface area is 123 Å². The minimum Gasteiger partial charge on any atom is -0.370 e. The van der Waals surface area contributed by atoms with E-state index >= 15 is 0 Å². The average molecular weight is 292 g/mol. The Morgan fingerprint density at radius 1 is 1.62 bits per heavy atom. The molecule has 2 N–H and O–H groups in total. The van der Waals surface area contributed by atoms with Crippen LogP contribution in [0, 0.1) is 23.0 Å². The van der Waals surface area contributed by atoms with Crippen LogP contribution in [0.25, 0.3) is 0 Å². The molecule has 0 spiro atoms. The summed E-state index contributed by atoms with van der Waals surface area (Å²) in [5, 5.41) is 10.8. The van der Waals surface area contributed by atoms with Gasteiger partial charge in [-0.15, -0.1) is 0 Å². The Bertz CT molecular complexity index is 547. The first-order valence-corrected chi connectivity index (χ1v) is 7.11. The highest BCUT2D eigenvalue weighted by molar-refractivity contribution is 5.73. The van der Waals surface area contributed by atoms with Gasteiger partial charge in [0.1, 0.15) is 12.0 Å². The van der Waals surface area contributed by atoms with Crippen LogP contribution >= 0.6 is 0 Å². The number of nitrogens with two attached hydrogens (primary N) is 1. The summed E-state index contributed by atoms with van der Waals surface area (Å²) in [7, 11) is 0. The number of carbonyl (C=O) groups is 1. The molecule has 1 aromatic heterocycles. The van der Waals surface area contributed by atoms with E-state index in [2.05, 4.69) is 9.88 Å². The molecule has 1 aliphatic rings. The van der Waals surface area contributed by atoms with Crippen molar-refractivity contribution in [1.29, 1.82) is 0 Å². The van der Waals surface area contributed by atoms with E-state index in [4.69, 9.17) is 5.73 Å². The number of pyridine rings is 1. The summed E-state index contributed by atoms with van der Waals surface area (Å²) in [5.74, 6) is 0.918. The van der Waals surface area contributed by atoms with E-state index in [1.807, 2.05) is 0 Å². The number of piperidine rings is 1. The molecule has 1 saturated heterocycles. The third-order valence-corrected chi connectivity index (χ3v) is 3.91. The lowest BCUT2D eigenvalue weighted by molar-refractivity contribution is -0.385. The van der Waals surface area contributed by atoms with Gasteiger partial charge in [-0.25, -0.2) is 4.98 Å². The van der Waals surface area contributed by atoms with Crippen molar-refractivity contribution in [2.45, 2.75) is 32.6 Å². The summed E-state index contributed by atoms with van der Waals surface area (Å²) in [6, 6.07) is 1.76. The van der Waals surface area contributed by atoms with Crippen LogP contribution in [0.1, 0.15) is 31.2 Å². The topological polar surface area (TPSA) is 102 Å². The third-order valence-electron chi connectivity index (χ3n) is 3.91. The molecule has 1 aliphatic heterocycles. The van der Waals surface area contributed by atoms with Gasteiger partial charge in [0.15, 0.2) is 0 Å². The van der Waals surface area contributed by atoms with E-state index < -0.39 is 4.92 Å².